The molecule has 0 aliphatic heterocycles. The Hall–Kier alpha value is -4.98. The van der Waals surface area contributed by atoms with Gasteiger partial charge in [-0.1, -0.05) is 129 Å². The van der Waals surface area contributed by atoms with Crippen LogP contribution in [0.5, 0.6) is 0 Å². The lowest BCUT2D eigenvalue weighted by Gasteiger charge is -2.22. The second kappa shape index (κ2) is 8.56. The summed E-state index contributed by atoms with van der Waals surface area (Å²) < 4.78 is 2.68. The average Bonchev–Trinajstić information content (AvgIpc) is 3.68. The first-order valence-corrected chi connectivity index (χ1v) is 16.3. The zero-order valence-electron chi connectivity index (χ0n) is 24.6. The van der Waals surface area contributed by atoms with E-state index in [4.69, 9.17) is 0 Å². The second-order valence-corrected chi connectivity index (χ2v) is 13.9. The zero-order chi connectivity index (χ0) is 29.2. The lowest BCUT2D eigenvalue weighted by molar-refractivity contribution is 0.660. The Balaban J connectivity index is 1.14. The molecule has 8 aromatic rings. The van der Waals surface area contributed by atoms with E-state index in [1.54, 1.807) is 0 Å². The Morgan fingerprint density at radius 2 is 0.977 bits per heavy atom. The fourth-order valence-electron chi connectivity index (χ4n) is 8.16. The molecular weight excluding hydrogens is 549 g/mol. The SMILES string of the molecule is CC1(C)c2ccccc2-c2ccc(-c3ccc4c(c3)sc3cccc(-c5ccc6c7c(cccc57)-c5ccccc5-6)c34)cc21. The minimum Gasteiger partial charge on any atom is -0.135 e. The highest BCUT2D eigenvalue weighted by Gasteiger charge is 2.35. The van der Waals surface area contributed by atoms with Gasteiger partial charge in [-0.2, -0.15) is 0 Å². The molecule has 2 aliphatic rings. The van der Waals surface area contributed by atoms with Crippen molar-refractivity contribution >= 4 is 42.3 Å². The van der Waals surface area contributed by atoms with Crippen LogP contribution >= 0.6 is 11.3 Å². The molecule has 0 bridgehead atoms. The van der Waals surface area contributed by atoms with Crippen LogP contribution in [-0.4, -0.2) is 0 Å². The molecule has 0 saturated heterocycles. The van der Waals surface area contributed by atoms with Crippen molar-refractivity contribution in [1.29, 1.82) is 0 Å². The van der Waals surface area contributed by atoms with Crippen molar-refractivity contribution < 1.29 is 0 Å². The highest BCUT2D eigenvalue weighted by atomic mass is 32.1. The molecule has 0 atom stereocenters. The van der Waals surface area contributed by atoms with Crippen LogP contribution in [0.15, 0.2) is 133 Å². The lowest BCUT2D eigenvalue weighted by atomic mass is 9.81. The Morgan fingerprint density at radius 1 is 0.386 bits per heavy atom. The maximum Gasteiger partial charge on any atom is 0.0361 e. The van der Waals surface area contributed by atoms with Crippen molar-refractivity contribution in [1.82, 2.24) is 0 Å². The van der Waals surface area contributed by atoms with E-state index in [1.165, 1.54) is 97.7 Å². The molecule has 0 fully saturated rings. The largest absolute Gasteiger partial charge is 0.135 e. The summed E-state index contributed by atoms with van der Waals surface area (Å²) >= 11 is 1.91. The van der Waals surface area contributed by atoms with Gasteiger partial charge in [-0.25, -0.2) is 0 Å². The van der Waals surface area contributed by atoms with Gasteiger partial charge in [0.1, 0.15) is 0 Å². The van der Waals surface area contributed by atoms with Crippen LogP contribution in [0.25, 0.3) is 86.6 Å². The molecule has 0 amide bonds. The number of fused-ring (bicyclic) bond motifs is 9. The summed E-state index contributed by atoms with van der Waals surface area (Å²) in [6, 6.07) is 50.2. The molecule has 0 nitrogen and oxygen atoms in total. The monoisotopic (exact) mass is 576 g/mol. The van der Waals surface area contributed by atoms with Gasteiger partial charge in [0.2, 0.25) is 0 Å². The smallest absolute Gasteiger partial charge is 0.0361 e. The molecule has 1 heteroatoms. The van der Waals surface area contributed by atoms with E-state index in [9.17, 15) is 0 Å². The van der Waals surface area contributed by atoms with Crippen LogP contribution in [0, 0.1) is 0 Å². The first kappa shape index (κ1) is 24.5. The third-order valence-corrected chi connectivity index (χ3v) is 11.4. The van der Waals surface area contributed by atoms with Crippen molar-refractivity contribution in [2.45, 2.75) is 19.3 Å². The first-order chi connectivity index (χ1) is 21.6. The van der Waals surface area contributed by atoms with Crippen molar-refractivity contribution in [2.75, 3.05) is 0 Å². The van der Waals surface area contributed by atoms with E-state index in [1.807, 2.05) is 11.3 Å². The van der Waals surface area contributed by atoms with Gasteiger partial charge in [0, 0.05) is 25.6 Å². The van der Waals surface area contributed by atoms with Crippen LogP contribution in [0.1, 0.15) is 25.0 Å². The van der Waals surface area contributed by atoms with Crippen LogP contribution in [0.3, 0.4) is 0 Å². The number of hydrogen-bond donors (Lipinski definition) is 0. The fourth-order valence-corrected chi connectivity index (χ4v) is 9.33. The van der Waals surface area contributed by atoms with Crippen molar-refractivity contribution in [3.05, 3.63) is 145 Å². The van der Waals surface area contributed by atoms with Crippen LogP contribution in [-0.2, 0) is 5.41 Å². The van der Waals surface area contributed by atoms with E-state index < -0.39 is 0 Å². The van der Waals surface area contributed by atoms with Gasteiger partial charge >= 0.3 is 0 Å². The molecule has 0 saturated carbocycles. The van der Waals surface area contributed by atoms with Gasteiger partial charge in [0.05, 0.1) is 0 Å². The summed E-state index contributed by atoms with van der Waals surface area (Å²) in [7, 11) is 0. The summed E-state index contributed by atoms with van der Waals surface area (Å²) in [6.45, 7) is 4.72. The lowest BCUT2D eigenvalue weighted by Crippen LogP contribution is -2.14. The summed E-state index contributed by atoms with van der Waals surface area (Å²) in [5.74, 6) is 0. The summed E-state index contributed by atoms with van der Waals surface area (Å²) in [6.07, 6.45) is 0. The maximum atomic E-state index is 2.43. The number of rotatable bonds is 2. The standard InChI is InChI=1S/C43H28S/c1-43(2)37-15-6-5-11-30(37)31-19-17-25(23-38(31)43)26-18-20-36-40(24-26)44-39-16-8-14-34(42(36)39)29-21-22-35-28-10-4-3-9-27(28)32-12-7-13-33(29)41(32)35/h3-24H,1-2H3. The Labute approximate surface area is 260 Å². The Kier molecular flexibility index (Phi) is 4.76. The minimum atomic E-state index is -0.000430. The quantitative estimate of drug-likeness (QED) is 0.192. The van der Waals surface area contributed by atoms with Gasteiger partial charge in [-0.3, -0.25) is 0 Å². The highest BCUT2D eigenvalue weighted by Crippen LogP contribution is 2.52. The van der Waals surface area contributed by atoms with E-state index in [0.29, 0.717) is 0 Å². The van der Waals surface area contributed by atoms with E-state index in [-0.39, 0.29) is 5.41 Å². The summed E-state index contributed by atoms with van der Waals surface area (Å²) in [4.78, 5) is 0. The zero-order valence-corrected chi connectivity index (χ0v) is 25.4. The van der Waals surface area contributed by atoms with Gasteiger partial charge in [-0.15, -0.1) is 11.3 Å². The number of thiophene rings is 1. The second-order valence-electron chi connectivity index (χ2n) is 12.9. The summed E-state index contributed by atoms with van der Waals surface area (Å²) in [5.41, 5.74) is 16.2. The number of hydrogen-bond acceptors (Lipinski definition) is 1. The molecule has 0 N–H and O–H groups in total. The van der Waals surface area contributed by atoms with Gasteiger partial charge in [0.15, 0.2) is 0 Å². The topological polar surface area (TPSA) is 0 Å². The van der Waals surface area contributed by atoms with E-state index in [0.717, 1.165) is 0 Å². The molecular formula is C43H28S. The fraction of sp³-hybridized carbons (Fsp3) is 0.0698. The first-order valence-electron chi connectivity index (χ1n) is 15.4. The van der Waals surface area contributed by atoms with Gasteiger partial charge < -0.3 is 0 Å². The minimum absolute atomic E-state index is 0.000430. The molecule has 1 aromatic heterocycles. The number of benzene rings is 7. The van der Waals surface area contributed by atoms with E-state index >= 15 is 0 Å². The molecule has 0 spiro atoms. The molecule has 206 valence electrons. The molecule has 2 aliphatic carbocycles. The average molecular weight is 577 g/mol. The molecule has 10 rings (SSSR count). The third kappa shape index (κ3) is 3.12. The third-order valence-electron chi connectivity index (χ3n) is 10.3. The predicted octanol–water partition coefficient (Wildman–Crippen LogP) is 12.5. The molecule has 0 unspecified atom stereocenters. The van der Waals surface area contributed by atoms with E-state index in [2.05, 4.69) is 147 Å². The Morgan fingerprint density at radius 3 is 1.82 bits per heavy atom. The van der Waals surface area contributed by atoms with Crippen molar-refractivity contribution in [2.24, 2.45) is 0 Å². The van der Waals surface area contributed by atoms with Crippen LogP contribution < -0.4 is 0 Å². The molecule has 44 heavy (non-hydrogen) atoms. The van der Waals surface area contributed by atoms with Crippen molar-refractivity contribution in [3.8, 4) is 55.6 Å². The molecule has 0 radical (unpaired) electrons. The summed E-state index contributed by atoms with van der Waals surface area (Å²) in [5, 5.41) is 5.42. The van der Waals surface area contributed by atoms with Gasteiger partial charge in [-0.05, 0) is 95.7 Å². The molecule has 1 heterocycles. The van der Waals surface area contributed by atoms with Crippen molar-refractivity contribution in [3.63, 3.8) is 0 Å². The highest BCUT2D eigenvalue weighted by molar-refractivity contribution is 7.26. The maximum absolute atomic E-state index is 2.43. The molecule has 7 aromatic carbocycles. The van der Waals surface area contributed by atoms with Crippen LogP contribution in [0.4, 0.5) is 0 Å². The predicted molar refractivity (Wildman–Crippen MR) is 190 cm³/mol. The normalized spacial score (nSPS) is 13.9. The van der Waals surface area contributed by atoms with Gasteiger partial charge in [0.25, 0.3) is 0 Å². The van der Waals surface area contributed by atoms with Crippen LogP contribution in [0.2, 0.25) is 0 Å². The Bertz CT molecular complexity index is 2490.